The Morgan fingerprint density at radius 3 is 2.58 bits per heavy atom. The van der Waals surface area contributed by atoms with Crippen LogP contribution < -0.4 is 15.4 Å². The molecular weight excluding hydrogens is 441 g/mol. The number of benzene rings is 3. The van der Waals surface area contributed by atoms with Crippen LogP contribution in [0.4, 0.5) is 10.1 Å². The molecule has 4 rings (SSSR count). The van der Waals surface area contributed by atoms with E-state index in [-0.39, 0.29) is 18.4 Å². The molecule has 2 amide bonds. The lowest BCUT2D eigenvalue weighted by molar-refractivity contribution is 0.0945. The monoisotopic (exact) mass is 461 g/mol. The minimum Gasteiger partial charge on any atom is -0.496 e. The molecule has 3 aromatic carbocycles. The van der Waals surface area contributed by atoms with E-state index in [4.69, 9.17) is 4.74 Å². The normalized spacial score (nSPS) is 10.5. The summed E-state index contributed by atoms with van der Waals surface area (Å²) in [5, 5.41) is 8.02. The van der Waals surface area contributed by atoms with Gasteiger partial charge in [0.15, 0.2) is 0 Å². The van der Waals surface area contributed by atoms with Crippen molar-refractivity contribution < 1.29 is 18.7 Å². The number of carbonyl (C=O) groups is 2. The van der Waals surface area contributed by atoms with E-state index in [1.165, 1.54) is 35.6 Å². The van der Waals surface area contributed by atoms with Gasteiger partial charge in [-0.05, 0) is 54.1 Å². The molecule has 1 aromatic heterocycles. The van der Waals surface area contributed by atoms with Crippen LogP contribution in [0.5, 0.6) is 5.75 Å². The first-order chi connectivity index (χ1) is 16.0. The number of halogens is 1. The Morgan fingerprint density at radius 2 is 1.79 bits per heavy atom. The predicted molar refractivity (Wildman–Crippen MR) is 126 cm³/mol. The highest BCUT2D eigenvalue weighted by molar-refractivity contribution is 7.13. The van der Waals surface area contributed by atoms with Crippen molar-refractivity contribution in [1.29, 1.82) is 0 Å². The second kappa shape index (κ2) is 10.1. The quantitative estimate of drug-likeness (QED) is 0.399. The van der Waals surface area contributed by atoms with Crippen molar-refractivity contribution in [2.75, 3.05) is 12.4 Å². The molecule has 2 N–H and O–H groups in total. The lowest BCUT2D eigenvalue weighted by atomic mass is 10.1. The molecule has 33 heavy (non-hydrogen) atoms. The fraction of sp³-hybridized carbons (Fsp3) is 0.0800. The number of thiazole rings is 1. The van der Waals surface area contributed by atoms with E-state index in [0.717, 1.165) is 11.1 Å². The van der Waals surface area contributed by atoms with Crippen molar-refractivity contribution in [3.8, 4) is 16.3 Å². The highest BCUT2D eigenvalue weighted by Gasteiger charge is 2.14. The van der Waals surface area contributed by atoms with E-state index in [2.05, 4.69) is 15.6 Å². The zero-order chi connectivity index (χ0) is 23.2. The number of aromatic nitrogens is 1. The third-order valence-electron chi connectivity index (χ3n) is 4.82. The summed E-state index contributed by atoms with van der Waals surface area (Å²) in [7, 11) is 1.59. The Morgan fingerprint density at radius 1 is 1.00 bits per heavy atom. The molecule has 4 aromatic rings. The lowest BCUT2D eigenvalue weighted by Crippen LogP contribution is -2.23. The van der Waals surface area contributed by atoms with Gasteiger partial charge in [-0.15, -0.1) is 11.3 Å². The van der Waals surface area contributed by atoms with Crippen LogP contribution in [-0.4, -0.2) is 23.9 Å². The number of amides is 2. The number of carbonyl (C=O) groups excluding carboxylic acids is 2. The summed E-state index contributed by atoms with van der Waals surface area (Å²) in [4.78, 5) is 29.4. The van der Waals surface area contributed by atoms with Gasteiger partial charge in [-0.25, -0.2) is 9.37 Å². The van der Waals surface area contributed by atoms with Gasteiger partial charge in [0.25, 0.3) is 11.8 Å². The fourth-order valence-electron chi connectivity index (χ4n) is 3.16. The predicted octanol–water partition coefficient (Wildman–Crippen LogP) is 5.14. The number of nitrogens with one attached hydrogen (secondary N) is 2. The molecule has 0 spiro atoms. The standard InChI is InChI=1S/C25H20FN3O3S/c1-32-22-8-3-2-7-20(22)25-29-21(15-33-25)24(31)27-14-16-5-4-6-19(13-16)28-23(30)17-9-11-18(26)12-10-17/h2-13,15H,14H2,1H3,(H,27,31)(H,28,30). The molecule has 0 atom stereocenters. The third kappa shape index (κ3) is 5.42. The van der Waals surface area contributed by atoms with Crippen molar-refractivity contribution in [2.24, 2.45) is 0 Å². The molecular formula is C25H20FN3O3S. The second-order valence-electron chi connectivity index (χ2n) is 7.08. The van der Waals surface area contributed by atoms with Crippen LogP contribution >= 0.6 is 11.3 Å². The van der Waals surface area contributed by atoms with Gasteiger partial charge >= 0.3 is 0 Å². The summed E-state index contributed by atoms with van der Waals surface area (Å²) in [5.74, 6) is -0.353. The van der Waals surface area contributed by atoms with Gasteiger partial charge in [-0.1, -0.05) is 24.3 Å². The molecule has 0 aliphatic heterocycles. The maximum Gasteiger partial charge on any atom is 0.271 e. The molecule has 8 heteroatoms. The van der Waals surface area contributed by atoms with Crippen molar-refractivity contribution in [3.63, 3.8) is 0 Å². The second-order valence-corrected chi connectivity index (χ2v) is 7.94. The number of methoxy groups -OCH3 is 1. The first-order valence-electron chi connectivity index (χ1n) is 10.1. The number of ether oxygens (including phenoxy) is 1. The zero-order valence-corrected chi connectivity index (χ0v) is 18.5. The van der Waals surface area contributed by atoms with Gasteiger partial charge in [0.05, 0.1) is 12.7 Å². The van der Waals surface area contributed by atoms with Crippen molar-refractivity contribution in [1.82, 2.24) is 10.3 Å². The van der Waals surface area contributed by atoms with Crippen LogP contribution in [0, 0.1) is 5.82 Å². The molecule has 6 nitrogen and oxygen atoms in total. The molecule has 0 unspecified atom stereocenters. The summed E-state index contributed by atoms with van der Waals surface area (Å²) in [6, 6.07) is 19.9. The van der Waals surface area contributed by atoms with E-state index in [9.17, 15) is 14.0 Å². The number of anilines is 1. The van der Waals surface area contributed by atoms with Gasteiger partial charge in [-0.2, -0.15) is 0 Å². The Kier molecular flexibility index (Phi) is 6.75. The van der Waals surface area contributed by atoms with Gasteiger partial charge in [0.2, 0.25) is 0 Å². The SMILES string of the molecule is COc1ccccc1-c1nc(C(=O)NCc2cccc(NC(=O)c3ccc(F)cc3)c2)cs1. The van der Waals surface area contributed by atoms with Crippen molar-refractivity contribution >= 4 is 28.8 Å². The van der Waals surface area contributed by atoms with Crippen LogP contribution in [0.1, 0.15) is 26.4 Å². The van der Waals surface area contributed by atoms with Gasteiger partial charge in [0.1, 0.15) is 22.3 Å². The zero-order valence-electron chi connectivity index (χ0n) is 17.7. The molecule has 0 saturated carbocycles. The molecule has 0 aliphatic carbocycles. The van der Waals surface area contributed by atoms with Crippen LogP contribution in [0.3, 0.4) is 0 Å². The molecule has 0 aliphatic rings. The highest BCUT2D eigenvalue weighted by atomic mass is 32.1. The third-order valence-corrected chi connectivity index (χ3v) is 5.69. The Balaban J connectivity index is 1.38. The van der Waals surface area contributed by atoms with E-state index in [0.29, 0.717) is 27.7 Å². The summed E-state index contributed by atoms with van der Waals surface area (Å²) < 4.78 is 18.4. The smallest absolute Gasteiger partial charge is 0.271 e. The Labute approximate surface area is 194 Å². The summed E-state index contributed by atoms with van der Waals surface area (Å²) in [6.07, 6.45) is 0. The fourth-order valence-corrected chi connectivity index (χ4v) is 3.99. The molecule has 1 heterocycles. The van der Waals surface area contributed by atoms with Crippen LogP contribution in [0.2, 0.25) is 0 Å². The van der Waals surface area contributed by atoms with Gasteiger partial charge < -0.3 is 15.4 Å². The number of hydrogen-bond donors (Lipinski definition) is 2. The van der Waals surface area contributed by atoms with E-state index < -0.39 is 5.82 Å². The first kappa shape index (κ1) is 22.2. The topological polar surface area (TPSA) is 80.3 Å². The van der Waals surface area contributed by atoms with E-state index in [1.807, 2.05) is 30.3 Å². The van der Waals surface area contributed by atoms with E-state index >= 15 is 0 Å². The summed E-state index contributed by atoms with van der Waals surface area (Å²) >= 11 is 1.37. The van der Waals surface area contributed by atoms with Gasteiger partial charge in [0, 0.05) is 23.2 Å². The van der Waals surface area contributed by atoms with Gasteiger partial charge in [-0.3, -0.25) is 9.59 Å². The Bertz CT molecular complexity index is 1290. The number of nitrogens with zero attached hydrogens (tertiary/aromatic N) is 1. The largest absolute Gasteiger partial charge is 0.496 e. The molecule has 0 bridgehead atoms. The molecule has 0 saturated heterocycles. The van der Waals surface area contributed by atoms with E-state index in [1.54, 1.807) is 30.7 Å². The van der Waals surface area contributed by atoms with Crippen LogP contribution in [-0.2, 0) is 6.54 Å². The van der Waals surface area contributed by atoms with Crippen molar-refractivity contribution in [3.05, 3.63) is 101 Å². The van der Waals surface area contributed by atoms with Crippen LogP contribution in [0.15, 0.2) is 78.2 Å². The summed E-state index contributed by atoms with van der Waals surface area (Å²) in [5.41, 5.74) is 2.88. The van der Waals surface area contributed by atoms with Crippen molar-refractivity contribution in [2.45, 2.75) is 6.54 Å². The maximum absolute atomic E-state index is 13.0. The van der Waals surface area contributed by atoms with Crippen LogP contribution in [0.25, 0.3) is 10.6 Å². The minimum absolute atomic E-state index is 0.264. The number of para-hydroxylation sites is 1. The average molecular weight is 462 g/mol. The lowest BCUT2D eigenvalue weighted by Gasteiger charge is -2.08. The number of hydrogen-bond acceptors (Lipinski definition) is 5. The average Bonchev–Trinajstić information content (AvgIpc) is 3.33. The molecule has 166 valence electrons. The minimum atomic E-state index is -0.403. The molecule has 0 fully saturated rings. The Hall–Kier alpha value is -4.04. The molecule has 0 radical (unpaired) electrons. The summed E-state index contributed by atoms with van der Waals surface area (Å²) in [6.45, 7) is 0.264. The first-order valence-corrected chi connectivity index (χ1v) is 10.9. The maximum atomic E-state index is 13.0. The highest BCUT2D eigenvalue weighted by Crippen LogP contribution is 2.31. The number of rotatable bonds is 7.